The number of benzene rings is 1. The number of nitrogens with zero attached hydrogens (tertiary/aromatic N) is 1. The summed E-state index contributed by atoms with van der Waals surface area (Å²) in [5.41, 5.74) is 0.651. The van der Waals surface area contributed by atoms with E-state index in [1.807, 2.05) is 18.4 Å². The quantitative estimate of drug-likeness (QED) is 0.745. The van der Waals surface area contributed by atoms with Crippen molar-refractivity contribution in [3.8, 4) is 0 Å². The SMILES string of the molecule is CSc1ccc(C(C(=O)O)N(C)CCC(=O)O)cc1. The monoisotopic (exact) mass is 283 g/mol. The Kier molecular flexibility index (Phi) is 5.85. The molecular formula is C13H17NO4S. The number of carbonyl (C=O) groups is 2. The maximum Gasteiger partial charge on any atom is 0.325 e. The number of carboxylic acid groups (broad SMARTS) is 2. The van der Waals surface area contributed by atoms with Gasteiger partial charge in [0.1, 0.15) is 6.04 Å². The van der Waals surface area contributed by atoms with Crippen LogP contribution in [0.2, 0.25) is 0 Å². The summed E-state index contributed by atoms with van der Waals surface area (Å²) in [6.45, 7) is 0.191. The largest absolute Gasteiger partial charge is 0.481 e. The molecule has 1 atom stereocenters. The van der Waals surface area contributed by atoms with Gasteiger partial charge in [-0.15, -0.1) is 11.8 Å². The van der Waals surface area contributed by atoms with Gasteiger partial charge in [-0.05, 0) is 31.0 Å². The van der Waals surface area contributed by atoms with Crippen LogP contribution < -0.4 is 0 Å². The van der Waals surface area contributed by atoms with Crippen LogP contribution in [0.3, 0.4) is 0 Å². The average molecular weight is 283 g/mol. The molecule has 1 aromatic rings. The normalized spacial score (nSPS) is 12.4. The molecule has 5 nitrogen and oxygen atoms in total. The van der Waals surface area contributed by atoms with Gasteiger partial charge < -0.3 is 10.2 Å². The Morgan fingerprint density at radius 2 is 1.84 bits per heavy atom. The summed E-state index contributed by atoms with van der Waals surface area (Å²) >= 11 is 1.58. The Balaban J connectivity index is 2.86. The van der Waals surface area contributed by atoms with E-state index in [1.165, 1.54) is 4.90 Å². The number of thioether (sulfide) groups is 1. The maximum absolute atomic E-state index is 11.3. The standard InChI is InChI=1S/C13H17NO4S/c1-14(8-7-11(15)16)12(13(17)18)9-3-5-10(19-2)6-4-9/h3-6,12H,7-8H2,1-2H3,(H,15,16)(H,17,18). The van der Waals surface area contributed by atoms with Crippen molar-refractivity contribution >= 4 is 23.7 Å². The molecule has 0 aromatic heterocycles. The Hall–Kier alpha value is -1.53. The summed E-state index contributed by atoms with van der Waals surface area (Å²) in [5.74, 6) is -1.92. The fourth-order valence-corrected chi connectivity index (χ4v) is 2.18. The summed E-state index contributed by atoms with van der Waals surface area (Å²) in [5, 5.41) is 17.9. The molecule has 0 heterocycles. The zero-order valence-corrected chi connectivity index (χ0v) is 11.7. The fourth-order valence-electron chi connectivity index (χ4n) is 1.77. The van der Waals surface area contributed by atoms with Gasteiger partial charge >= 0.3 is 11.9 Å². The molecule has 0 spiro atoms. The van der Waals surface area contributed by atoms with Crippen molar-refractivity contribution in [2.24, 2.45) is 0 Å². The predicted molar refractivity (Wildman–Crippen MR) is 73.5 cm³/mol. The molecule has 1 unspecified atom stereocenters. The lowest BCUT2D eigenvalue weighted by Gasteiger charge is -2.24. The van der Waals surface area contributed by atoms with Crippen LogP contribution in [0.15, 0.2) is 29.2 Å². The van der Waals surface area contributed by atoms with Crippen molar-refractivity contribution < 1.29 is 19.8 Å². The summed E-state index contributed by atoms with van der Waals surface area (Å²) in [6.07, 6.45) is 1.87. The van der Waals surface area contributed by atoms with Crippen molar-refractivity contribution in [1.29, 1.82) is 0 Å². The Labute approximate surface area is 116 Å². The number of hydrogen-bond donors (Lipinski definition) is 2. The molecule has 0 saturated heterocycles. The molecule has 0 fully saturated rings. The lowest BCUT2D eigenvalue weighted by atomic mass is 10.1. The highest BCUT2D eigenvalue weighted by molar-refractivity contribution is 7.98. The molecule has 0 saturated carbocycles. The van der Waals surface area contributed by atoms with Crippen molar-refractivity contribution in [2.45, 2.75) is 17.4 Å². The third-order valence-electron chi connectivity index (χ3n) is 2.78. The van der Waals surface area contributed by atoms with Crippen molar-refractivity contribution in [3.05, 3.63) is 29.8 Å². The van der Waals surface area contributed by atoms with E-state index in [2.05, 4.69) is 0 Å². The molecule has 0 radical (unpaired) electrons. The van der Waals surface area contributed by atoms with Gasteiger partial charge in [0.2, 0.25) is 0 Å². The average Bonchev–Trinajstić information content (AvgIpc) is 2.37. The Bertz CT molecular complexity index is 446. The van der Waals surface area contributed by atoms with Gasteiger partial charge in [0.05, 0.1) is 6.42 Å². The summed E-state index contributed by atoms with van der Waals surface area (Å²) in [6, 6.07) is 6.43. The highest BCUT2D eigenvalue weighted by Gasteiger charge is 2.24. The van der Waals surface area contributed by atoms with Crippen LogP contribution >= 0.6 is 11.8 Å². The van der Waals surface area contributed by atoms with Crippen LogP contribution in [-0.4, -0.2) is 46.9 Å². The summed E-state index contributed by atoms with van der Waals surface area (Å²) in [4.78, 5) is 24.5. The second-order valence-electron chi connectivity index (χ2n) is 4.14. The molecule has 0 amide bonds. The highest BCUT2D eigenvalue weighted by Crippen LogP contribution is 2.23. The topological polar surface area (TPSA) is 77.8 Å². The van der Waals surface area contributed by atoms with Crippen molar-refractivity contribution in [2.75, 3.05) is 19.8 Å². The van der Waals surface area contributed by atoms with Gasteiger partial charge in [-0.3, -0.25) is 14.5 Å². The molecule has 1 aromatic carbocycles. The van der Waals surface area contributed by atoms with Gasteiger partial charge in [-0.25, -0.2) is 0 Å². The molecule has 1 rings (SSSR count). The first-order valence-electron chi connectivity index (χ1n) is 5.74. The van der Waals surface area contributed by atoms with Crippen LogP contribution in [0, 0.1) is 0 Å². The molecule has 0 aliphatic rings. The zero-order valence-electron chi connectivity index (χ0n) is 10.9. The molecule has 0 bridgehead atoms. The van der Waals surface area contributed by atoms with Gasteiger partial charge in [-0.2, -0.15) is 0 Å². The third kappa shape index (κ3) is 4.57. The van der Waals surface area contributed by atoms with E-state index in [0.29, 0.717) is 5.56 Å². The highest BCUT2D eigenvalue weighted by atomic mass is 32.2. The Morgan fingerprint density at radius 1 is 1.26 bits per heavy atom. The molecule has 19 heavy (non-hydrogen) atoms. The van der Waals surface area contributed by atoms with E-state index in [0.717, 1.165) is 4.90 Å². The first-order chi connectivity index (χ1) is 8.95. The van der Waals surface area contributed by atoms with Crippen LogP contribution in [0.25, 0.3) is 0 Å². The van der Waals surface area contributed by atoms with Crippen molar-refractivity contribution in [1.82, 2.24) is 4.90 Å². The van der Waals surface area contributed by atoms with Gasteiger partial charge in [0, 0.05) is 11.4 Å². The van der Waals surface area contributed by atoms with Crippen LogP contribution in [0.4, 0.5) is 0 Å². The van der Waals surface area contributed by atoms with Gasteiger partial charge in [0.15, 0.2) is 0 Å². The predicted octanol–water partition coefficient (Wildman–Crippen LogP) is 1.94. The molecule has 104 valence electrons. The van der Waals surface area contributed by atoms with E-state index < -0.39 is 18.0 Å². The van der Waals surface area contributed by atoms with E-state index >= 15 is 0 Å². The van der Waals surface area contributed by atoms with E-state index in [-0.39, 0.29) is 13.0 Å². The molecular weight excluding hydrogens is 266 g/mol. The summed E-state index contributed by atoms with van der Waals surface area (Å²) in [7, 11) is 1.62. The molecule has 2 N–H and O–H groups in total. The van der Waals surface area contributed by atoms with Crippen LogP contribution in [-0.2, 0) is 9.59 Å². The van der Waals surface area contributed by atoms with E-state index in [9.17, 15) is 14.7 Å². The number of hydrogen-bond acceptors (Lipinski definition) is 4. The van der Waals surface area contributed by atoms with Gasteiger partial charge in [-0.1, -0.05) is 12.1 Å². The first-order valence-corrected chi connectivity index (χ1v) is 6.97. The number of rotatable bonds is 7. The maximum atomic E-state index is 11.3. The first kappa shape index (κ1) is 15.5. The number of carboxylic acids is 2. The number of likely N-dealkylation sites (N-methyl/N-ethyl adjacent to an activating group) is 1. The molecule has 0 aliphatic carbocycles. The van der Waals surface area contributed by atoms with Crippen LogP contribution in [0.5, 0.6) is 0 Å². The Morgan fingerprint density at radius 3 is 2.26 bits per heavy atom. The lowest BCUT2D eigenvalue weighted by Crippen LogP contribution is -2.32. The lowest BCUT2D eigenvalue weighted by molar-refractivity contribution is -0.144. The number of aliphatic carboxylic acids is 2. The minimum atomic E-state index is -0.982. The second-order valence-corrected chi connectivity index (χ2v) is 5.02. The molecule has 0 aliphatic heterocycles. The smallest absolute Gasteiger partial charge is 0.325 e. The van der Waals surface area contributed by atoms with Crippen LogP contribution in [0.1, 0.15) is 18.0 Å². The van der Waals surface area contributed by atoms with Gasteiger partial charge in [0.25, 0.3) is 0 Å². The molecule has 6 heteroatoms. The van der Waals surface area contributed by atoms with Crippen molar-refractivity contribution in [3.63, 3.8) is 0 Å². The van der Waals surface area contributed by atoms with E-state index in [1.54, 1.807) is 30.9 Å². The van der Waals surface area contributed by atoms with E-state index in [4.69, 9.17) is 5.11 Å². The minimum Gasteiger partial charge on any atom is -0.481 e. The zero-order chi connectivity index (χ0) is 14.4. The minimum absolute atomic E-state index is 0.0802. The third-order valence-corrected chi connectivity index (χ3v) is 3.53. The fraction of sp³-hybridized carbons (Fsp3) is 0.385. The second kappa shape index (κ2) is 7.16. The summed E-state index contributed by atoms with van der Waals surface area (Å²) < 4.78 is 0.